The van der Waals surface area contributed by atoms with E-state index in [0.29, 0.717) is 18.3 Å². The number of carbonyl (C=O) groups is 1. The van der Waals surface area contributed by atoms with Crippen molar-refractivity contribution in [3.05, 3.63) is 30.3 Å². The summed E-state index contributed by atoms with van der Waals surface area (Å²) in [6, 6.07) is 9.41. The molecule has 3 N–H and O–H groups in total. The van der Waals surface area contributed by atoms with Crippen molar-refractivity contribution >= 4 is 57.8 Å². The fourth-order valence-corrected chi connectivity index (χ4v) is 5.80. The number of carbonyl (C=O) groups excluding carboxylic acids is 1. The average molecular weight is 393 g/mol. The zero-order valence-electron chi connectivity index (χ0n) is 12.9. The fourth-order valence-electron chi connectivity index (χ4n) is 1.41. The van der Waals surface area contributed by atoms with E-state index >= 15 is 0 Å². The van der Waals surface area contributed by atoms with Crippen LogP contribution in [0, 0.1) is 0 Å². The van der Waals surface area contributed by atoms with Crippen molar-refractivity contribution < 1.29 is 13.8 Å². The Bertz CT molecular complexity index is 550. The van der Waals surface area contributed by atoms with Gasteiger partial charge in [-0.05, 0) is 50.0 Å². The SMILES string of the molecule is CCOP(=S)(OCC)SCC(=O)NNC(=S)Nc1ccccc1. The maximum atomic E-state index is 11.8. The van der Waals surface area contributed by atoms with Crippen LogP contribution >= 0.6 is 29.3 Å². The van der Waals surface area contributed by atoms with Gasteiger partial charge in [0, 0.05) is 5.69 Å². The molecule has 0 aromatic heterocycles. The van der Waals surface area contributed by atoms with E-state index in [1.165, 1.54) is 11.4 Å². The van der Waals surface area contributed by atoms with E-state index in [2.05, 4.69) is 16.2 Å². The highest BCUT2D eigenvalue weighted by Crippen LogP contribution is 2.60. The first kappa shape index (κ1) is 20.3. The van der Waals surface area contributed by atoms with E-state index in [9.17, 15) is 4.79 Å². The lowest BCUT2D eigenvalue weighted by Gasteiger charge is -2.19. The van der Waals surface area contributed by atoms with Crippen molar-refractivity contribution in [3.8, 4) is 0 Å². The van der Waals surface area contributed by atoms with Crippen LogP contribution in [0.5, 0.6) is 0 Å². The molecule has 128 valence electrons. The molecule has 1 rings (SSSR count). The van der Waals surface area contributed by atoms with Crippen molar-refractivity contribution in [1.29, 1.82) is 0 Å². The molecule has 1 aromatic rings. The first-order chi connectivity index (χ1) is 11.0. The van der Waals surface area contributed by atoms with Crippen LogP contribution in [0.25, 0.3) is 0 Å². The summed E-state index contributed by atoms with van der Waals surface area (Å²) < 4.78 is 10.9. The van der Waals surface area contributed by atoms with Gasteiger partial charge in [-0.1, -0.05) is 29.6 Å². The normalized spacial score (nSPS) is 10.9. The summed E-state index contributed by atoms with van der Waals surface area (Å²) in [6.07, 6.45) is 0. The van der Waals surface area contributed by atoms with Gasteiger partial charge in [-0.3, -0.25) is 15.6 Å². The van der Waals surface area contributed by atoms with E-state index in [4.69, 9.17) is 33.1 Å². The molecular weight excluding hydrogens is 373 g/mol. The van der Waals surface area contributed by atoms with Crippen LogP contribution in [0.3, 0.4) is 0 Å². The van der Waals surface area contributed by atoms with Crippen LogP contribution in [0.15, 0.2) is 30.3 Å². The predicted molar refractivity (Wildman–Crippen MR) is 104 cm³/mol. The quantitative estimate of drug-likeness (QED) is 0.354. The van der Waals surface area contributed by atoms with Gasteiger partial charge in [0.2, 0.25) is 11.6 Å². The van der Waals surface area contributed by atoms with Gasteiger partial charge >= 0.3 is 0 Å². The van der Waals surface area contributed by atoms with E-state index < -0.39 is 5.69 Å². The lowest BCUT2D eigenvalue weighted by Crippen LogP contribution is -2.44. The molecule has 10 heteroatoms. The topological polar surface area (TPSA) is 71.6 Å². The minimum Gasteiger partial charge on any atom is -0.331 e. The fraction of sp³-hybridized carbons (Fsp3) is 0.385. The van der Waals surface area contributed by atoms with Gasteiger partial charge in [0.15, 0.2) is 5.11 Å². The third-order valence-corrected chi connectivity index (χ3v) is 7.89. The third-order valence-electron chi connectivity index (χ3n) is 2.28. The highest BCUT2D eigenvalue weighted by molar-refractivity contribution is 8.68. The summed E-state index contributed by atoms with van der Waals surface area (Å²) in [5, 5.41) is 3.24. The Labute approximate surface area is 151 Å². The number of nitrogens with one attached hydrogen (secondary N) is 3. The van der Waals surface area contributed by atoms with Crippen LogP contribution in [-0.4, -0.2) is 30.0 Å². The van der Waals surface area contributed by atoms with Crippen molar-refractivity contribution in [1.82, 2.24) is 10.9 Å². The molecule has 0 spiro atoms. The zero-order valence-corrected chi connectivity index (χ0v) is 16.2. The second kappa shape index (κ2) is 11.0. The molecule has 0 radical (unpaired) electrons. The van der Waals surface area contributed by atoms with Crippen LogP contribution < -0.4 is 16.2 Å². The largest absolute Gasteiger partial charge is 0.331 e. The maximum Gasteiger partial charge on any atom is 0.248 e. The number of thiocarbonyl (C=S) groups is 1. The molecule has 1 amide bonds. The highest BCUT2D eigenvalue weighted by Gasteiger charge is 2.20. The number of rotatable bonds is 8. The van der Waals surface area contributed by atoms with Gasteiger partial charge in [-0.25, -0.2) is 0 Å². The highest BCUT2D eigenvalue weighted by atomic mass is 32.9. The van der Waals surface area contributed by atoms with Crippen molar-refractivity contribution in [2.24, 2.45) is 0 Å². The second-order valence-corrected chi connectivity index (χ2v) is 10.8. The summed E-state index contributed by atoms with van der Waals surface area (Å²) in [7, 11) is 0. The van der Waals surface area contributed by atoms with Gasteiger partial charge in [-0.15, -0.1) is 0 Å². The molecule has 6 nitrogen and oxygen atoms in total. The molecule has 0 atom stereocenters. The van der Waals surface area contributed by atoms with Crippen LogP contribution in [0.2, 0.25) is 0 Å². The number of hydrazine groups is 1. The second-order valence-electron chi connectivity index (χ2n) is 4.05. The van der Waals surface area contributed by atoms with Gasteiger partial charge < -0.3 is 14.4 Å². The predicted octanol–water partition coefficient (Wildman–Crippen LogP) is 3.03. The molecule has 0 saturated carbocycles. The Kier molecular flexibility index (Phi) is 9.69. The standard InChI is InChI=1S/C13H20N3O3PS3/c1-3-18-20(22,19-4-2)23-10-12(17)15-16-13(21)14-11-8-6-5-7-9-11/h5-9H,3-4,10H2,1-2H3,(H,15,17)(H2,14,16,21). The van der Waals surface area contributed by atoms with E-state index in [-0.39, 0.29) is 11.7 Å². The minimum atomic E-state index is -2.46. The van der Waals surface area contributed by atoms with Crippen LogP contribution in [0.1, 0.15) is 13.8 Å². The van der Waals surface area contributed by atoms with Crippen molar-refractivity contribution in [2.75, 3.05) is 24.3 Å². The Balaban J connectivity index is 2.33. The lowest BCUT2D eigenvalue weighted by molar-refractivity contribution is -0.119. The molecule has 23 heavy (non-hydrogen) atoms. The Hall–Kier alpha value is -0.700. The Morgan fingerprint density at radius 2 is 1.78 bits per heavy atom. The Morgan fingerprint density at radius 1 is 1.17 bits per heavy atom. The molecule has 0 saturated heterocycles. The van der Waals surface area contributed by atoms with E-state index in [1.807, 2.05) is 44.2 Å². The summed E-state index contributed by atoms with van der Waals surface area (Å²) in [5.41, 5.74) is 3.51. The monoisotopic (exact) mass is 393 g/mol. The molecule has 0 aliphatic rings. The first-order valence-corrected chi connectivity index (χ1v) is 11.6. The van der Waals surface area contributed by atoms with Crippen LogP contribution in [-0.2, 0) is 25.6 Å². The number of amides is 1. The number of para-hydroxylation sites is 1. The van der Waals surface area contributed by atoms with E-state index in [0.717, 1.165) is 5.69 Å². The van der Waals surface area contributed by atoms with Crippen LogP contribution in [0.4, 0.5) is 5.69 Å². The molecule has 0 unspecified atom stereocenters. The minimum absolute atomic E-state index is 0.123. The molecule has 0 bridgehead atoms. The van der Waals surface area contributed by atoms with Crippen molar-refractivity contribution in [2.45, 2.75) is 13.8 Å². The number of hydrogen-bond donors (Lipinski definition) is 3. The average Bonchev–Trinajstić information content (AvgIpc) is 2.52. The van der Waals surface area contributed by atoms with Gasteiger partial charge in [-0.2, -0.15) is 0 Å². The lowest BCUT2D eigenvalue weighted by atomic mass is 10.3. The summed E-state index contributed by atoms with van der Waals surface area (Å²) in [4.78, 5) is 11.8. The summed E-state index contributed by atoms with van der Waals surface area (Å²) in [6.45, 7) is 4.59. The number of anilines is 1. The summed E-state index contributed by atoms with van der Waals surface area (Å²) >= 11 is 11.6. The Morgan fingerprint density at radius 3 is 2.35 bits per heavy atom. The zero-order chi connectivity index (χ0) is 17.1. The third kappa shape index (κ3) is 8.64. The molecule has 0 fully saturated rings. The molecule has 0 aliphatic carbocycles. The number of benzene rings is 1. The molecule has 1 aromatic carbocycles. The van der Waals surface area contributed by atoms with Gasteiger partial charge in [0.05, 0.1) is 19.0 Å². The van der Waals surface area contributed by atoms with Gasteiger partial charge in [0.1, 0.15) is 0 Å². The number of hydrogen-bond acceptors (Lipinski definition) is 6. The molecule has 0 heterocycles. The molecule has 0 aliphatic heterocycles. The van der Waals surface area contributed by atoms with Crippen molar-refractivity contribution in [3.63, 3.8) is 0 Å². The molecular formula is C13H20N3O3PS3. The smallest absolute Gasteiger partial charge is 0.248 e. The summed E-state index contributed by atoms with van der Waals surface area (Å²) in [5.74, 6) is -0.140. The van der Waals surface area contributed by atoms with E-state index in [1.54, 1.807) is 0 Å². The maximum absolute atomic E-state index is 11.8. The first-order valence-electron chi connectivity index (χ1n) is 6.93. The van der Waals surface area contributed by atoms with Gasteiger partial charge in [0.25, 0.3) is 0 Å².